The molecule has 1 aliphatic heterocycles. The van der Waals surface area contributed by atoms with Crippen LogP contribution in [0.5, 0.6) is 0 Å². The Hall–Kier alpha value is -0.0800. The maximum Gasteiger partial charge on any atom is 0.0594 e. The molecule has 0 atom stereocenters. The smallest absolute Gasteiger partial charge is 0.0594 e. The number of morpholine rings is 1. The Kier molecular flexibility index (Phi) is 5.37. The summed E-state index contributed by atoms with van der Waals surface area (Å²) in [6, 6.07) is 0. The SMILES string of the molecule is CCCCCCN1CCOCC1. The van der Waals surface area contributed by atoms with Crippen molar-refractivity contribution in [1.82, 2.24) is 4.90 Å². The summed E-state index contributed by atoms with van der Waals surface area (Å²) >= 11 is 0. The van der Waals surface area contributed by atoms with E-state index in [9.17, 15) is 0 Å². The van der Waals surface area contributed by atoms with E-state index in [0.29, 0.717) is 0 Å². The van der Waals surface area contributed by atoms with E-state index in [1.54, 1.807) is 0 Å². The van der Waals surface area contributed by atoms with Crippen LogP contribution in [-0.4, -0.2) is 37.7 Å². The van der Waals surface area contributed by atoms with Crippen LogP contribution < -0.4 is 0 Å². The van der Waals surface area contributed by atoms with Crippen molar-refractivity contribution >= 4 is 0 Å². The first-order valence-corrected chi connectivity index (χ1v) is 5.23. The average Bonchev–Trinajstić information content (AvgIpc) is 2.14. The van der Waals surface area contributed by atoms with E-state index < -0.39 is 0 Å². The van der Waals surface area contributed by atoms with Gasteiger partial charge in [-0.05, 0) is 13.0 Å². The summed E-state index contributed by atoms with van der Waals surface area (Å²) in [5, 5.41) is 0. The molecule has 2 heteroatoms. The number of nitrogens with zero attached hydrogens (tertiary/aromatic N) is 1. The summed E-state index contributed by atoms with van der Waals surface area (Å²) < 4.78 is 5.29. The zero-order valence-electron chi connectivity index (χ0n) is 8.22. The molecule has 1 aliphatic rings. The van der Waals surface area contributed by atoms with Gasteiger partial charge >= 0.3 is 0 Å². The number of unbranched alkanes of at least 4 members (excludes halogenated alkanes) is 3. The third kappa shape index (κ3) is 4.07. The van der Waals surface area contributed by atoms with Gasteiger partial charge in [0.25, 0.3) is 0 Å². The molecule has 1 fully saturated rings. The maximum atomic E-state index is 5.29. The molecule has 0 radical (unpaired) electrons. The van der Waals surface area contributed by atoms with Gasteiger partial charge < -0.3 is 4.74 Å². The molecular weight excluding hydrogens is 150 g/mol. The normalized spacial score (nSPS) is 19.8. The van der Waals surface area contributed by atoms with Gasteiger partial charge in [0, 0.05) is 13.1 Å². The minimum atomic E-state index is 0.938. The summed E-state index contributed by atoms with van der Waals surface area (Å²) in [4.78, 5) is 2.51. The second-order valence-corrected chi connectivity index (χ2v) is 3.51. The molecule has 0 spiro atoms. The molecule has 0 unspecified atom stereocenters. The van der Waals surface area contributed by atoms with E-state index in [1.807, 2.05) is 0 Å². The summed E-state index contributed by atoms with van der Waals surface area (Å²) in [5.41, 5.74) is 0. The molecule has 2 nitrogen and oxygen atoms in total. The summed E-state index contributed by atoms with van der Waals surface area (Å²) in [6.45, 7) is 7.71. The number of rotatable bonds is 5. The monoisotopic (exact) mass is 171 g/mol. The van der Waals surface area contributed by atoms with Gasteiger partial charge in [0.15, 0.2) is 0 Å². The molecule has 72 valence electrons. The lowest BCUT2D eigenvalue weighted by molar-refractivity contribution is 0.0371. The maximum absolute atomic E-state index is 5.29. The van der Waals surface area contributed by atoms with Gasteiger partial charge in [-0.25, -0.2) is 0 Å². The molecule has 0 N–H and O–H groups in total. The zero-order valence-corrected chi connectivity index (χ0v) is 8.22. The number of hydrogen-bond acceptors (Lipinski definition) is 2. The summed E-state index contributed by atoms with van der Waals surface area (Å²) in [6.07, 6.45) is 5.50. The second-order valence-electron chi connectivity index (χ2n) is 3.51. The van der Waals surface area contributed by atoms with Crippen LogP contribution in [0.1, 0.15) is 32.6 Å². The fourth-order valence-electron chi connectivity index (χ4n) is 1.59. The largest absolute Gasteiger partial charge is 0.379 e. The number of hydrogen-bond donors (Lipinski definition) is 0. The lowest BCUT2D eigenvalue weighted by atomic mass is 10.2. The molecule has 0 saturated carbocycles. The van der Waals surface area contributed by atoms with Crippen molar-refractivity contribution in [2.75, 3.05) is 32.8 Å². The van der Waals surface area contributed by atoms with Crippen LogP contribution in [-0.2, 0) is 4.74 Å². The molecule has 12 heavy (non-hydrogen) atoms. The van der Waals surface area contributed by atoms with Gasteiger partial charge in [-0.15, -0.1) is 0 Å². The summed E-state index contributed by atoms with van der Waals surface area (Å²) in [5.74, 6) is 0. The first-order chi connectivity index (χ1) is 5.93. The van der Waals surface area contributed by atoms with Crippen LogP contribution >= 0.6 is 0 Å². The van der Waals surface area contributed by atoms with Gasteiger partial charge in [-0.1, -0.05) is 26.2 Å². The molecule has 0 aromatic carbocycles. The highest BCUT2D eigenvalue weighted by molar-refractivity contribution is 4.61. The molecule has 0 bridgehead atoms. The number of ether oxygens (including phenoxy) is 1. The van der Waals surface area contributed by atoms with Gasteiger partial charge in [-0.3, -0.25) is 4.90 Å². The van der Waals surface area contributed by atoms with Crippen molar-refractivity contribution in [3.8, 4) is 0 Å². The minimum Gasteiger partial charge on any atom is -0.379 e. The van der Waals surface area contributed by atoms with Gasteiger partial charge in [0.1, 0.15) is 0 Å². The molecule has 1 heterocycles. The Morgan fingerprint density at radius 3 is 2.50 bits per heavy atom. The highest BCUT2D eigenvalue weighted by Crippen LogP contribution is 2.03. The minimum absolute atomic E-state index is 0.938. The Balaban J connectivity index is 1.91. The van der Waals surface area contributed by atoms with Crippen molar-refractivity contribution in [2.45, 2.75) is 32.6 Å². The van der Waals surface area contributed by atoms with Crippen molar-refractivity contribution in [1.29, 1.82) is 0 Å². The summed E-state index contributed by atoms with van der Waals surface area (Å²) in [7, 11) is 0. The predicted octanol–water partition coefficient (Wildman–Crippen LogP) is 1.90. The third-order valence-corrected chi connectivity index (χ3v) is 2.43. The Labute approximate surface area is 75.9 Å². The van der Waals surface area contributed by atoms with Crippen LogP contribution in [0.2, 0.25) is 0 Å². The molecule has 0 aliphatic carbocycles. The molecular formula is C10H21NO. The topological polar surface area (TPSA) is 12.5 Å². The molecule has 0 aromatic rings. The van der Waals surface area contributed by atoms with Crippen LogP contribution in [0.25, 0.3) is 0 Å². The Morgan fingerprint density at radius 2 is 1.83 bits per heavy atom. The van der Waals surface area contributed by atoms with Crippen molar-refractivity contribution in [3.63, 3.8) is 0 Å². The molecule has 0 aromatic heterocycles. The highest BCUT2D eigenvalue weighted by Gasteiger charge is 2.08. The van der Waals surface area contributed by atoms with Gasteiger partial charge in [0.05, 0.1) is 13.2 Å². The van der Waals surface area contributed by atoms with Crippen molar-refractivity contribution in [3.05, 3.63) is 0 Å². The lowest BCUT2D eigenvalue weighted by Crippen LogP contribution is -2.36. The third-order valence-electron chi connectivity index (χ3n) is 2.43. The van der Waals surface area contributed by atoms with Crippen LogP contribution in [0.15, 0.2) is 0 Å². The quantitative estimate of drug-likeness (QED) is 0.586. The molecule has 1 rings (SSSR count). The van der Waals surface area contributed by atoms with Crippen LogP contribution in [0.3, 0.4) is 0 Å². The average molecular weight is 171 g/mol. The molecule has 1 saturated heterocycles. The fourth-order valence-corrected chi connectivity index (χ4v) is 1.59. The van der Waals surface area contributed by atoms with Gasteiger partial charge in [-0.2, -0.15) is 0 Å². The zero-order chi connectivity index (χ0) is 8.65. The fraction of sp³-hybridized carbons (Fsp3) is 1.00. The first kappa shape index (κ1) is 10.0. The van der Waals surface area contributed by atoms with Gasteiger partial charge in [0.2, 0.25) is 0 Å². The predicted molar refractivity (Wildman–Crippen MR) is 51.4 cm³/mol. The molecule has 0 amide bonds. The first-order valence-electron chi connectivity index (χ1n) is 5.23. The van der Waals surface area contributed by atoms with Crippen molar-refractivity contribution in [2.24, 2.45) is 0 Å². The van der Waals surface area contributed by atoms with E-state index in [4.69, 9.17) is 4.74 Å². The second kappa shape index (κ2) is 6.44. The Bertz CT molecular complexity index is 100. The van der Waals surface area contributed by atoms with Crippen LogP contribution in [0, 0.1) is 0 Å². The Morgan fingerprint density at radius 1 is 1.08 bits per heavy atom. The van der Waals surface area contributed by atoms with E-state index >= 15 is 0 Å². The van der Waals surface area contributed by atoms with E-state index in [-0.39, 0.29) is 0 Å². The van der Waals surface area contributed by atoms with E-state index in [2.05, 4.69) is 11.8 Å². The van der Waals surface area contributed by atoms with E-state index in [1.165, 1.54) is 32.2 Å². The lowest BCUT2D eigenvalue weighted by Gasteiger charge is -2.26. The van der Waals surface area contributed by atoms with E-state index in [0.717, 1.165) is 26.3 Å². The standard InChI is InChI=1S/C10H21NO/c1-2-3-4-5-6-11-7-9-12-10-8-11/h2-10H2,1H3. The highest BCUT2D eigenvalue weighted by atomic mass is 16.5. The van der Waals surface area contributed by atoms with Crippen LogP contribution in [0.4, 0.5) is 0 Å². The van der Waals surface area contributed by atoms with Crippen molar-refractivity contribution < 1.29 is 4.74 Å².